The number of ether oxygens (including phenoxy) is 1. The Morgan fingerprint density at radius 2 is 1.89 bits per heavy atom. The molecule has 0 aliphatic carbocycles. The van der Waals surface area contributed by atoms with Crippen LogP contribution in [0.2, 0.25) is 5.15 Å². The van der Waals surface area contributed by atoms with E-state index in [1.165, 1.54) is 38.0 Å². The zero-order valence-electron chi connectivity index (χ0n) is 19.2. The second kappa shape index (κ2) is 10.1. The number of nitrogens with zero attached hydrogens (tertiary/aromatic N) is 6. The molecule has 13 heteroatoms. The standard InChI is InChI=1S/C24H16ClF2N7O2S/c1-11-5-13(14-7-19(25)30-10-18(14)36-2)15(8-29-11)22(35)34-24-33-21-23(37-24)32-17(9-31-21)12-3-4-28-16(6-12)20(26)27/h3-10,20H,1-2H3,(H,31,33,34,35). The first-order valence-electron chi connectivity index (χ1n) is 10.7. The molecule has 0 atom stereocenters. The highest BCUT2D eigenvalue weighted by Gasteiger charge is 2.20. The van der Waals surface area contributed by atoms with Crippen molar-refractivity contribution in [2.75, 3.05) is 12.4 Å². The number of rotatable bonds is 6. The summed E-state index contributed by atoms with van der Waals surface area (Å²) in [5.41, 5.74) is 2.86. The van der Waals surface area contributed by atoms with Crippen LogP contribution < -0.4 is 10.1 Å². The number of thiazole rings is 1. The SMILES string of the molecule is COc1cnc(Cl)cc1-c1cc(C)ncc1C(=O)Nc1nc2ncc(-c3ccnc(C(F)F)c3)nc2s1. The highest BCUT2D eigenvalue weighted by molar-refractivity contribution is 7.21. The van der Waals surface area contributed by atoms with Crippen molar-refractivity contribution in [2.45, 2.75) is 13.3 Å². The van der Waals surface area contributed by atoms with Gasteiger partial charge in [-0.1, -0.05) is 22.9 Å². The summed E-state index contributed by atoms with van der Waals surface area (Å²) in [5, 5.41) is 3.26. The predicted molar refractivity (Wildman–Crippen MR) is 135 cm³/mol. The summed E-state index contributed by atoms with van der Waals surface area (Å²) in [6, 6.07) is 6.18. The molecule has 37 heavy (non-hydrogen) atoms. The van der Waals surface area contributed by atoms with Gasteiger partial charge in [-0.15, -0.1) is 0 Å². The largest absolute Gasteiger partial charge is 0.494 e. The third-order valence-electron chi connectivity index (χ3n) is 5.27. The van der Waals surface area contributed by atoms with Crippen LogP contribution in [0.4, 0.5) is 13.9 Å². The quantitative estimate of drug-likeness (QED) is 0.270. The fraction of sp³-hybridized carbons (Fsp3) is 0.125. The summed E-state index contributed by atoms with van der Waals surface area (Å²) in [7, 11) is 1.50. The van der Waals surface area contributed by atoms with Gasteiger partial charge in [0.15, 0.2) is 15.6 Å². The third kappa shape index (κ3) is 5.06. The van der Waals surface area contributed by atoms with E-state index in [0.29, 0.717) is 44.3 Å². The van der Waals surface area contributed by atoms with Crippen molar-refractivity contribution in [3.05, 3.63) is 71.2 Å². The first-order valence-corrected chi connectivity index (χ1v) is 11.9. The molecule has 0 radical (unpaired) electrons. The van der Waals surface area contributed by atoms with E-state index < -0.39 is 12.3 Å². The van der Waals surface area contributed by atoms with Crippen LogP contribution in [-0.4, -0.2) is 42.9 Å². The van der Waals surface area contributed by atoms with Gasteiger partial charge in [-0.05, 0) is 31.2 Å². The zero-order valence-corrected chi connectivity index (χ0v) is 20.8. The van der Waals surface area contributed by atoms with Crippen molar-refractivity contribution in [1.29, 1.82) is 0 Å². The van der Waals surface area contributed by atoms with Crippen LogP contribution in [0.15, 0.2) is 49.1 Å². The molecule has 1 N–H and O–H groups in total. The minimum absolute atomic E-state index is 0.241. The smallest absolute Gasteiger partial charge is 0.280 e. The van der Waals surface area contributed by atoms with E-state index in [1.807, 2.05) is 0 Å². The van der Waals surface area contributed by atoms with Crippen molar-refractivity contribution in [1.82, 2.24) is 29.9 Å². The van der Waals surface area contributed by atoms with Crippen molar-refractivity contribution in [3.63, 3.8) is 0 Å². The van der Waals surface area contributed by atoms with E-state index in [2.05, 4.69) is 35.2 Å². The number of fused-ring (bicyclic) bond motifs is 1. The molecule has 5 rings (SSSR count). The summed E-state index contributed by atoms with van der Waals surface area (Å²) >= 11 is 7.20. The molecule has 0 aromatic carbocycles. The molecule has 5 aromatic heterocycles. The van der Waals surface area contributed by atoms with Gasteiger partial charge in [-0.3, -0.25) is 20.1 Å². The molecule has 0 fully saturated rings. The Bertz CT molecular complexity index is 1650. The van der Waals surface area contributed by atoms with Gasteiger partial charge >= 0.3 is 0 Å². The average molecular weight is 540 g/mol. The highest BCUT2D eigenvalue weighted by atomic mass is 35.5. The van der Waals surface area contributed by atoms with Gasteiger partial charge < -0.3 is 4.74 Å². The van der Waals surface area contributed by atoms with Crippen LogP contribution in [-0.2, 0) is 0 Å². The minimum atomic E-state index is -2.70. The summed E-state index contributed by atoms with van der Waals surface area (Å²) in [5.74, 6) is -0.0245. The third-order valence-corrected chi connectivity index (χ3v) is 6.33. The van der Waals surface area contributed by atoms with Gasteiger partial charge in [0, 0.05) is 34.8 Å². The number of nitrogens with one attached hydrogen (secondary N) is 1. The number of amides is 1. The molecule has 5 aromatic rings. The number of pyridine rings is 3. The lowest BCUT2D eigenvalue weighted by Gasteiger charge is -2.13. The summed E-state index contributed by atoms with van der Waals surface area (Å²) in [6.45, 7) is 1.80. The molecule has 0 aliphatic heterocycles. The molecule has 0 saturated heterocycles. The molecule has 0 aliphatic rings. The number of alkyl halides is 2. The first-order chi connectivity index (χ1) is 17.8. The van der Waals surface area contributed by atoms with Crippen LogP contribution in [0.25, 0.3) is 32.9 Å². The van der Waals surface area contributed by atoms with E-state index in [0.717, 1.165) is 11.3 Å². The number of hydrogen-bond acceptors (Lipinski definition) is 9. The molecule has 0 saturated carbocycles. The van der Waals surface area contributed by atoms with E-state index in [4.69, 9.17) is 16.3 Å². The van der Waals surface area contributed by atoms with Crippen molar-refractivity contribution in [2.24, 2.45) is 0 Å². The summed E-state index contributed by atoms with van der Waals surface area (Å²) in [4.78, 5) is 38.7. The fourth-order valence-electron chi connectivity index (χ4n) is 3.56. The molecule has 186 valence electrons. The number of halogens is 3. The van der Waals surface area contributed by atoms with E-state index >= 15 is 0 Å². The second-order valence-corrected chi connectivity index (χ2v) is 9.07. The van der Waals surface area contributed by atoms with E-state index in [1.54, 1.807) is 25.1 Å². The van der Waals surface area contributed by atoms with Gasteiger partial charge in [-0.25, -0.2) is 23.7 Å². The van der Waals surface area contributed by atoms with Crippen molar-refractivity contribution < 1.29 is 18.3 Å². The Balaban J connectivity index is 1.47. The van der Waals surface area contributed by atoms with Gasteiger partial charge in [0.25, 0.3) is 12.3 Å². The van der Waals surface area contributed by atoms with Gasteiger partial charge in [0.2, 0.25) is 0 Å². The maximum Gasteiger partial charge on any atom is 0.280 e. The van der Waals surface area contributed by atoms with Crippen LogP contribution >= 0.6 is 22.9 Å². The zero-order chi connectivity index (χ0) is 26.1. The number of carbonyl (C=O) groups excluding carboxylic acids is 1. The molecular formula is C24H16ClF2N7O2S. The fourth-order valence-corrected chi connectivity index (χ4v) is 4.51. The van der Waals surface area contributed by atoms with Crippen LogP contribution in [0, 0.1) is 6.92 Å². The van der Waals surface area contributed by atoms with E-state index in [-0.39, 0.29) is 21.5 Å². The van der Waals surface area contributed by atoms with Crippen molar-refractivity contribution in [3.8, 4) is 28.1 Å². The first kappa shape index (κ1) is 24.5. The molecule has 5 heterocycles. The second-order valence-electron chi connectivity index (χ2n) is 7.71. The molecule has 0 unspecified atom stereocenters. The van der Waals surface area contributed by atoms with Crippen LogP contribution in [0.1, 0.15) is 28.2 Å². The van der Waals surface area contributed by atoms with Gasteiger partial charge in [0.05, 0.1) is 30.8 Å². The number of carbonyl (C=O) groups is 1. The molecule has 0 spiro atoms. The average Bonchev–Trinajstić information content (AvgIpc) is 3.30. The number of aromatic nitrogens is 6. The topological polar surface area (TPSA) is 116 Å². The normalized spacial score (nSPS) is 11.2. The Hall–Kier alpha value is -4.16. The lowest BCUT2D eigenvalue weighted by Crippen LogP contribution is -2.14. The maximum atomic E-state index is 13.3. The molecular weight excluding hydrogens is 524 g/mol. The lowest BCUT2D eigenvalue weighted by molar-refractivity contribution is 0.102. The van der Waals surface area contributed by atoms with Gasteiger partial charge in [-0.2, -0.15) is 4.98 Å². The Morgan fingerprint density at radius 1 is 1.05 bits per heavy atom. The van der Waals surface area contributed by atoms with E-state index in [9.17, 15) is 13.6 Å². The number of hydrogen-bond donors (Lipinski definition) is 1. The Kier molecular flexibility index (Phi) is 6.68. The predicted octanol–water partition coefficient (Wildman–Crippen LogP) is 5.77. The minimum Gasteiger partial charge on any atom is -0.494 e. The molecule has 9 nitrogen and oxygen atoms in total. The number of aryl methyl sites for hydroxylation is 1. The molecule has 0 bridgehead atoms. The number of anilines is 1. The molecule has 1 amide bonds. The Morgan fingerprint density at radius 3 is 2.68 bits per heavy atom. The van der Waals surface area contributed by atoms with Crippen LogP contribution in [0.5, 0.6) is 5.75 Å². The van der Waals surface area contributed by atoms with Crippen molar-refractivity contribution >= 4 is 44.5 Å². The van der Waals surface area contributed by atoms with Crippen LogP contribution in [0.3, 0.4) is 0 Å². The lowest BCUT2D eigenvalue weighted by atomic mass is 10.0. The summed E-state index contributed by atoms with van der Waals surface area (Å²) < 4.78 is 31.5. The van der Waals surface area contributed by atoms with Gasteiger partial charge in [0.1, 0.15) is 16.6 Å². The maximum absolute atomic E-state index is 13.3. The number of methoxy groups -OCH3 is 1. The summed E-state index contributed by atoms with van der Waals surface area (Å²) in [6.07, 6.45) is 2.95. The monoisotopic (exact) mass is 539 g/mol. The Labute approximate surface area is 217 Å². The highest BCUT2D eigenvalue weighted by Crippen LogP contribution is 2.34.